The zero-order valence-electron chi connectivity index (χ0n) is 14.6. The Morgan fingerprint density at radius 1 is 0.885 bits per heavy atom. The number of para-hydroxylation sites is 2. The van der Waals surface area contributed by atoms with Crippen LogP contribution in [0.2, 0.25) is 0 Å². The molecule has 0 spiro atoms. The Kier molecular flexibility index (Phi) is 5.94. The lowest BCUT2D eigenvalue weighted by Crippen LogP contribution is -1.97. The third kappa shape index (κ3) is 4.65. The van der Waals surface area contributed by atoms with Gasteiger partial charge in [0.15, 0.2) is 16.4 Å². The van der Waals surface area contributed by atoms with Crippen LogP contribution in [0.15, 0.2) is 82.1 Å². The second-order valence-corrected chi connectivity index (χ2v) is 6.80. The summed E-state index contributed by atoms with van der Waals surface area (Å²) in [6.45, 7) is 1.99. The number of hydrogen-bond acceptors (Lipinski definition) is 4. The molecule has 3 aromatic rings. The van der Waals surface area contributed by atoms with Crippen LogP contribution < -0.4 is 9.47 Å². The Bertz CT molecular complexity index is 877. The van der Waals surface area contributed by atoms with Crippen LogP contribution in [0.1, 0.15) is 11.1 Å². The zero-order valence-corrected chi connectivity index (χ0v) is 15.4. The summed E-state index contributed by atoms with van der Waals surface area (Å²) in [5.74, 6) is 2.01. The number of hydrogen-bond donors (Lipinski definition) is 0. The standard InChI is InChI=1S/C21H19NO3S/c1-16-7-13-19(14-8-16)26(23)22-15-17-9-11-18(12-10-17)25-21-6-4-3-5-20(21)24-2/h3-15H,1-2H3/b22-15+/t26-/m0/s1. The molecule has 26 heavy (non-hydrogen) atoms. The van der Waals surface area contributed by atoms with Crippen molar-refractivity contribution in [2.24, 2.45) is 4.40 Å². The fraction of sp³-hybridized carbons (Fsp3) is 0.0952. The molecule has 0 saturated carbocycles. The number of benzene rings is 3. The van der Waals surface area contributed by atoms with Gasteiger partial charge in [-0.05, 0) is 61.0 Å². The molecule has 3 rings (SSSR count). The SMILES string of the molecule is COc1ccccc1Oc1ccc(/C=N/[S@@+]([O-])c2ccc(C)cc2)cc1. The molecule has 3 aromatic carbocycles. The Morgan fingerprint density at radius 3 is 2.19 bits per heavy atom. The van der Waals surface area contributed by atoms with Crippen LogP contribution >= 0.6 is 0 Å². The molecule has 0 aliphatic rings. The highest BCUT2D eigenvalue weighted by molar-refractivity contribution is 7.90. The van der Waals surface area contributed by atoms with Crippen molar-refractivity contribution < 1.29 is 14.0 Å². The monoisotopic (exact) mass is 365 g/mol. The summed E-state index contributed by atoms with van der Waals surface area (Å²) >= 11 is -1.41. The Morgan fingerprint density at radius 2 is 1.54 bits per heavy atom. The van der Waals surface area contributed by atoms with Gasteiger partial charge in [-0.1, -0.05) is 34.2 Å². The average molecular weight is 365 g/mol. The van der Waals surface area contributed by atoms with Gasteiger partial charge in [-0.25, -0.2) is 0 Å². The first-order chi connectivity index (χ1) is 12.7. The van der Waals surface area contributed by atoms with E-state index in [1.165, 1.54) is 0 Å². The molecule has 5 heteroatoms. The van der Waals surface area contributed by atoms with E-state index in [9.17, 15) is 4.55 Å². The molecule has 0 aliphatic heterocycles. The maximum atomic E-state index is 12.2. The highest BCUT2D eigenvalue weighted by atomic mass is 32.2. The molecule has 0 bridgehead atoms. The Labute approximate surface area is 156 Å². The van der Waals surface area contributed by atoms with Crippen molar-refractivity contribution in [1.82, 2.24) is 0 Å². The van der Waals surface area contributed by atoms with E-state index in [1.807, 2.05) is 79.7 Å². The maximum absolute atomic E-state index is 12.2. The highest BCUT2D eigenvalue weighted by Gasteiger charge is 2.08. The molecule has 0 aromatic heterocycles. The highest BCUT2D eigenvalue weighted by Crippen LogP contribution is 2.30. The van der Waals surface area contributed by atoms with E-state index < -0.39 is 11.4 Å². The van der Waals surface area contributed by atoms with E-state index >= 15 is 0 Å². The Hall–Kier alpha value is -2.76. The molecule has 0 radical (unpaired) electrons. The van der Waals surface area contributed by atoms with Gasteiger partial charge in [0, 0.05) is 0 Å². The number of ether oxygens (including phenoxy) is 2. The minimum Gasteiger partial charge on any atom is -0.586 e. The third-order valence-corrected chi connectivity index (χ3v) is 4.67. The largest absolute Gasteiger partial charge is 0.586 e. The van der Waals surface area contributed by atoms with Gasteiger partial charge in [-0.3, -0.25) is 0 Å². The van der Waals surface area contributed by atoms with Gasteiger partial charge in [-0.15, -0.1) is 0 Å². The molecular weight excluding hydrogens is 346 g/mol. The van der Waals surface area contributed by atoms with Crippen LogP contribution in [0, 0.1) is 6.92 Å². The molecule has 0 amide bonds. The number of methoxy groups -OCH3 is 1. The summed E-state index contributed by atoms with van der Waals surface area (Å²) in [4.78, 5) is 0.683. The van der Waals surface area contributed by atoms with Crippen molar-refractivity contribution >= 4 is 17.6 Å². The average Bonchev–Trinajstić information content (AvgIpc) is 2.68. The van der Waals surface area contributed by atoms with E-state index in [0.29, 0.717) is 22.1 Å². The maximum Gasteiger partial charge on any atom is 0.182 e. The lowest BCUT2D eigenvalue weighted by molar-refractivity contribution is 0.379. The molecule has 0 N–H and O–H groups in total. The fourth-order valence-electron chi connectivity index (χ4n) is 2.28. The molecular formula is C21H19NO3S. The molecule has 0 aliphatic carbocycles. The van der Waals surface area contributed by atoms with Crippen LogP contribution in [0.25, 0.3) is 0 Å². The van der Waals surface area contributed by atoms with Crippen molar-refractivity contribution in [3.8, 4) is 17.2 Å². The van der Waals surface area contributed by atoms with Crippen molar-refractivity contribution in [3.05, 3.63) is 83.9 Å². The van der Waals surface area contributed by atoms with Crippen molar-refractivity contribution in [3.63, 3.8) is 0 Å². The van der Waals surface area contributed by atoms with E-state index in [4.69, 9.17) is 9.47 Å². The normalized spacial score (nSPS) is 12.1. The first-order valence-electron chi connectivity index (χ1n) is 8.09. The van der Waals surface area contributed by atoms with Gasteiger partial charge >= 0.3 is 0 Å². The second kappa shape index (κ2) is 8.56. The molecule has 1 atom stereocenters. The minimum atomic E-state index is -1.41. The quantitative estimate of drug-likeness (QED) is 0.459. The van der Waals surface area contributed by atoms with Crippen molar-refractivity contribution in [2.75, 3.05) is 7.11 Å². The van der Waals surface area contributed by atoms with Gasteiger partial charge < -0.3 is 14.0 Å². The summed E-state index contributed by atoms with van der Waals surface area (Å²) in [6.07, 6.45) is 1.60. The van der Waals surface area contributed by atoms with Gasteiger partial charge in [-0.2, -0.15) is 0 Å². The summed E-state index contributed by atoms with van der Waals surface area (Å²) in [5.41, 5.74) is 1.97. The van der Waals surface area contributed by atoms with Crippen molar-refractivity contribution in [2.45, 2.75) is 11.8 Å². The molecule has 0 unspecified atom stereocenters. The van der Waals surface area contributed by atoms with Gasteiger partial charge in [0.2, 0.25) is 0 Å². The van der Waals surface area contributed by atoms with Gasteiger partial charge in [0.25, 0.3) is 0 Å². The number of rotatable bonds is 6. The van der Waals surface area contributed by atoms with Crippen LogP contribution in [0.3, 0.4) is 0 Å². The second-order valence-electron chi connectivity index (χ2n) is 5.62. The first kappa shape index (κ1) is 18.0. The molecule has 0 fully saturated rings. The minimum absolute atomic E-state index is 0.650. The molecule has 132 valence electrons. The molecule has 4 nitrogen and oxygen atoms in total. The van der Waals surface area contributed by atoms with Crippen LogP contribution in [-0.4, -0.2) is 17.9 Å². The van der Waals surface area contributed by atoms with E-state index in [2.05, 4.69) is 4.40 Å². The Balaban J connectivity index is 1.66. The van der Waals surface area contributed by atoms with E-state index in [-0.39, 0.29) is 0 Å². The molecule has 0 heterocycles. The predicted molar refractivity (Wildman–Crippen MR) is 105 cm³/mol. The van der Waals surface area contributed by atoms with Crippen LogP contribution in [0.4, 0.5) is 0 Å². The number of nitrogens with zero attached hydrogens (tertiary/aromatic N) is 1. The van der Waals surface area contributed by atoms with Crippen LogP contribution in [-0.2, 0) is 11.4 Å². The van der Waals surface area contributed by atoms with Gasteiger partial charge in [0.1, 0.15) is 17.1 Å². The topological polar surface area (TPSA) is 53.9 Å². The summed E-state index contributed by atoms with van der Waals surface area (Å²) in [7, 11) is 1.61. The van der Waals surface area contributed by atoms with Crippen LogP contribution in [0.5, 0.6) is 17.2 Å². The lowest BCUT2D eigenvalue weighted by Gasteiger charge is -2.09. The fourth-order valence-corrected chi connectivity index (χ4v) is 2.98. The van der Waals surface area contributed by atoms with Crippen molar-refractivity contribution in [1.29, 1.82) is 0 Å². The van der Waals surface area contributed by atoms with E-state index in [1.54, 1.807) is 13.3 Å². The number of aryl methyl sites for hydroxylation is 1. The smallest absolute Gasteiger partial charge is 0.182 e. The van der Waals surface area contributed by atoms with E-state index in [0.717, 1.165) is 11.1 Å². The van der Waals surface area contributed by atoms with Gasteiger partial charge in [0.05, 0.1) is 13.3 Å². The zero-order chi connectivity index (χ0) is 18.4. The summed E-state index contributed by atoms with van der Waals surface area (Å²) < 4.78 is 27.4. The summed E-state index contributed by atoms with van der Waals surface area (Å²) in [6, 6.07) is 22.4. The lowest BCUT2D eigenvalue weighted by atomic mass is 10.2. The first-order valence-corrected chi connectivity index (χ1v) is 9.20. The molecule has 0 saturated heterocycles. The third-order valence-electron chi connectivity index (χ3n) is 3.70. The summed E-state index contributed by atoms with van der Waals surface area (Å²) in [5, 5.41) is 0. The predicted octanol–water partition coefficient (Wildman–Crippen LogP) is 4.94.